The first-order valence-electron chi connectivity index (χ1n) is 3.80. The lowest BCUT2D eigenvalue weighted by Crippen LogP contribution is -1.87. The molecular weight excluding hydrogens is 152 g/mol. The summed E-state index contributed by atoms with van der Waals surface area (Å²) in [6, 6.07) is 3.81. The summed E-state index contributed by atoms with van der Waals surface area (Å²) in [5.74, 6) is 0. The van der Waals surface area contributed by atoms with Gasteiger partial charge in [0.1, 0.15) is 0 Å². The Bertz CT molecular complexity index is 431. The van der Waals surface area contributed by atoms with E-state index in [9.17, 15) is 0 Å². The fourth-order valence-corrected chi connectivity index (χ4v) is 1.23. The van der Waals surface area contributed by atoms with Crippen LogP contribution in [0.4, 0.5) is 5.69 Å². The Kier molecular flexibility index (Phi) is 1.33. The van der Waals surface area contributed by atoms with Crippen molar-refractivity contribution in [1.29, 1.82) is 0 Å². The molecule has 0 bridgehead atoms. The number of benzene rings is 1. The van der Waals surface area contributed by atoms with Crippen molar-refractivity contribution >= 4 is 16.7 Å². The molecule has 0 spiro atoms. The van der Waals surface area contributed by atoms with Gasteiger partial charge in [0.15, 0.2) is 5.58 Å². The molecule has 0 saturated heterocycles. The van der Waals surface area contributed by atoms with Crippen molar-refractivity contribution in [2.75, 3.05) is 5.73 Å². The highest BCUT2D eigenvalue weighted by atomic mass is 16.5. The minimum absolute atomic E-state index is 0.749. The zero-order valence-corrected chi connectivity index (χ0v) is 7.09. The molecule has 0 aliphatic carbocycles. The summed E-state index contributed by atoms with van der Waals surface area (Å²) in [5, 5.41) is 4.89. The maximum absolute atomic E-state index is 5.71. The summed E-state index contributed by atoms with van der Waals surface area (Å²) >= 11 is 0. The van der Waals surface area contributed by atoms with Gasteiger partial charge in [0.05, 0.1) is 5.69 Å². The average molecular weight is 162 g/mol. The standard InChI is InChI=1S/C9H10N2O/c1-5-3-7-6(2)11-12-9(7)4-8(5)10/h3-4H,10H2,1-2H3. The quantitative estimate of drug-likeness (QED) is 0.603. The minimum Gasteiger partial charge on any atom is -0.398 e. The molecule has 2 rings (SSSR count). The van der Waals surface area contributed by atoms with Crippen LogP contribution in [0.25, 0.3) is 11.0 Å². The van der Waals surface area contributed by atoms with Gasteiger partial charge in [0, 0.05) is 17.1 Å². The van der Waals surface area contributed by atoms with Crippen LogP contribution in [0.15, 0.2) is 16.7 Å². The molecule has 3 heteroatoms. The van der Waals surface area contributed by atoms with Crippen LogP contribution in [0.3, 0.4) is 0 Å². The number of nitrogen functional groups attached to an aromatic ring is 1. The highest BCUT2D eigenvalue weighted by Gasteiger charge is 2.05. The molecule has 0 aliphatic rings. The van der Waals surface area contributed by atoms with Gasteiger partial charge >= 0.3 is 0 Å². The molecule has 1 heterocycles. The van der Waals surface area contributed by atoms with E-state index in [-0.39, 0.29) is 0 Å². The molecule has 0 saturated carbocycles. The largest absolute Gasteiger partial charge is 0.398 e. The number of aryl methyl sites for hydroxylation is 2. The number of nitrogens with zero attached hydrogens (tertiary/aromatic N) is 1. The molecular formula is C9H10N2O. The fourth-order valence-electron chi connectivity index (χ4n) is 1.23. The first kappa shape index (κ1) is 7.16. The Balaban J connectivity index is 2.87. The SMILES string of the molecule is Cc1cc2c(C)noc2cc1N. The zero-order valence-electron chi connectivity index (χ0n) is 7.09. The van der Waals surface area contributed by atoms with Crippen molar-refractivity contribution < 1.29 is 4.52 Å². The van der Waals surface area contributed by atoms with Gasteiger partial charge in [-0.15, -0.1) is 0 Å². The summed E-state index contributed by atoms with van der Waals surface area (Å²) in [4.78, 5) is 0. The molecule has 0 fully saturated rings. The van der Waals surface area contributed by atoms with Crippen molar-refractivity contribution in [3.05, 3.63) is 23.4 Å². The smallest absolute Gasteiger partial charge is 0.169 e. The summed E-state index contributed by atoms with van der Waals surface area (Å²) in [6.07, 6.45) is 0. The van der Waals surface area contributed by atoms with Crippen LogP contribution in [0.5, 0.6) is 0 Å². The number of fused-ring (bicyclic) bond motifs is 1. The van der Waals surface area contributed by atoms with E-state index in [0.29, 0.717) is 0 Å². The first-order valence-corrected chi connectivity index (χ1v) is 3.80. The lowest BCUT2D eigenvalue weighted by Gasteiger charge is -1.97. The van der Waals surface area contributed by atoms with Crippen molar-refractivity contribution in [3.63, 3.8) is 0 Å². The van der Waals surface area contributed by atoms with Gasteiger partial charge in [-0.25, -0.2) is 0 Å². The van der Waals surface area contributed by atoms with Crippen molar-refractivity contribution in [2.45, 2.75) is 13.8 Å². The van der Waals surface area contributed by atoms with E-state index < -0.39 is 0 Å². The van der Waals surface area contributed by atoms with E-state index in [4.69, 9.17) is 10.3 Å². The predicted molar refractivity (Wildman–Crippen MR) is 47.9 cm³/mol. The van der Waals surface area contributed by atoms with Crippen molar-refractivity contribution in [2.24, 2.45) is 0 Å². The van der Waals surface area contributed by atoms with E-state index in [2.05, 4.69) is 5.16 Å². The third-order valence-corrected chi connectivity index (χ3v) is 2.04. The van der Waals surface area contributed by atoms with Crippen molar-refractivity contribution in [1.82, 2.24) is 5.16 Å². The highest BCUT2D eigenvalue weighted by Crippen LogP contribution is 2.23. The molecule has 1 aromatic heterocycles. The van der Waals surface area contributed by atoms with Crippen LogP contribution in [0, 0.1) is 13.8 Å². The Labute approximate surface area is 70.1 Å². The summed E-state index contributed by atoms with van der Waals surface area (Å²) in [7, 11) is 0. The van der Waals surface area contributed by atoms with Crippen LogP contribution in [-0.2, 0) is 0 Å². The molecule has 2 N–H and O–H groups in total. The Morgan fingerprint density at radius 3 is 2.83 bits per heavy atom. The topological polar surface area (TPSA) is 52.0 Å². The minimum atomic E-state index is 0.749. The number of anilines is 1. The molecule has 1 aromatic carbocycles. The average Bonchev–Trinajstić information content (AvgIpc) is 2.35. The van der Waals surface area contributed by atoms with E-state index in [1.165, 1.54) is 0 Å². The van der Waals surface area contributed by atoms with Crippen LogP contribution in [0.1, 0.15) is 11.3 Å². The molecule has 0 radical (unpaired) electrons. The third-order valence-electron chi connectivity index (χ3n) is 2.04. The number of nitrogens with two attached hydrogens (primary N) is 1. The van der Waals surface area contributed by atoms with Crippen LogP contribution >= 0.6 is 0 Å². The van der Waals surface area contributed by atoms with E-state index >= 15 is 0 Å². The molecule has 0 unspecified atom stereocenters. The second-order valence-electron chi connectivity index (χ2n) is 2.97. The molecule has 0 atom stereocenters. The van der Waals surface area contributed by atoms with Gasteiger partial charge in [0.25, 0.3) is 0 Å². The lowest BCUT2D eigenvalue weighted by molar-refractivity contribution is 0.450. The first-order chi connectivity index (χ1) is 5.68. The zero-order chi connectivity index (χ0) is 8.72. The maximum atomic E-state index is 5.71. The molecule has 62 valence electrons. The molecule has 0 aliphatic heterocycles. The van der Waals surface area contributed by atoms with Crippen LogP contribution < -0.4 is 5.73 Å². The molecule has 3 nitrogen and oxygen atoms in total. The number of rotatable bonds is 0. The van der Waals surface area contributed by atoms with Gasteiger partial charge in [-0.2, -0.15) is 0 Å². The van der Waals surface area contributed by atoms with E-state index in [0.717, 1.165) is 27.9 Å². The number of hydrogen-bond donors (Lipinski definition) is 1. The van der Waals surface area contributed by atoms with Gasteiger partial charge in [-0.3, -0.25) is 0 Å². The Hall–Kier alpha value is -1.51. The highest BCUT2D eigenvalue weighted by molar-refractivity contribution is 5.83. The number of aromatic nitrogens is 1. The monoisotopic (exact) mass is 162 g/mol. The Morgan fingerprint density at radius 2 is 2.08 bits per heavy atom. The third kappa shape index (κ3) is 0.863. The predicted octanol–water partition coefficient (Wildman–Crippen LogP) is 2.03. The normalized spacial score (nSPS) is 10.8. The van der Waals surface area contributed by atoms with Crippen LogP contribution in [0.2, 0.25) is 0 Å². The fraction of sp³-hybridized carbons (Fsp3) is 0.222. The molecule has 0 amide bonds. The van der Waals surface area contributed by atoms with Gasteiger partial charge in [-0.1, -0.05) is 5.16 Å². The summed E-state index contributed by atoms with van der Waals surface area (Å²) in [5.41, 5.74) is 9.19. The van der Waals surface area contributed by atoms with E-state index in [1.54, 1.807) is 0 Å². The summed E-state index contributed by atoms with van der Waals surface area (Å²) < 4.78 is 5.05. The molecule has 12 heavy (non-hydrogen) atoms. The number of hydrogen-bond acceptors (Lipinski definition) is 3. The van der Waals surface area contributed by atoms with Gasteiger partial charge in [-0.05, 0) is 25.5 Å². The summed E-state index contributed by atoms with van der Waals surface area (Å²) in [6.45, 7) is 3.89. The second kappa shape index (κ2) is 2.24. The van der Waals surface area contributed by atoms with E-state index in [1.807, 2.05) is 26.0 Å². The maximum Gasteiger partial charge on any atom is 0.169 e. The van der Waals surface area contributed by atoms with Crippen molar-refractivity contribution in [3.8, 4) is 0 Å². The second-order valence-corrected chi connectivity index (χ2v) is 2.97. The molecule has 2 aromatic rings. The van der Waals surface area contributed by atoms with Gasteiger partial charge in [0.2, 0.25) is 0 Å². The van der Waals surface area contributed by atoms with Crippen LogP contribution in [-0.4, -0.2) is 5.16 Å². The lowest BCUT2D eigenvalue weighted by atomic mass is 10.1. The van der Waals surface area contributed by atoms with Gasteiger partial charge < -0.3 is 10.3 Å². The Morgan fingerprint density at radius 1 is 1.33 bits per heavy atom.